The highest BCUT2D eigenvalue weighted by molar-refractivity contribution is 5.24. The second kappa shape index (κ2) is 3.42. The van der Waals surface area contributed by atoms with E-state index in [9.17, 15) is 0 Å². The SMILES string of the molecule is CCc1c(OC)cnn1CC. The summed E-state index contributed by atoms with van der Waals surface area (Å²) in [6.07, 6.45) is 2.74. The molecule has 1 aromatic heterocycles. The van der Waals surface area contributed by atoms with E-state index >= 15 is 0 Å². The number of methoxy groups -OCH3 is 1. The summed E-state index contributed by atoms with van der Waals surface area (Å²) in [5.41, 5.74) is 1.18. The highest BCUT2D eigenvalue weighted by Gasteiger charge is 2.06. The average Bonchev–Trinajstić information content (AvgIpc) is 2.45. The van der Waals surface area contributed by atoms with Gasteiger partial charge in [-0.1, -0.05) is 6.92 Å². The number of aryl methyl sites for hydroxylation is 1. The van der Waals surface area contributed by atoms with Crippen molar-refractivity contribution in [2.45, 2.75) is 26.8 Å². The first-order valence-corrected chi connectivity index (χ1v) is 3.92. The fourth-order valence-electron chi connectivity index (χ4n) is 1.19. The molecule has 3 heteroatoms. The van der Waals surface area contributed by atoms with Crippen molar-refractivity contribution < 1.29 is 4.74 Å². The summed E-state index contributed by atoms with van der Waals surface area (Å²) >= 11 is 0. The second-order valence-electron chi connectivity index (χ2n) is 2.33. The largest absolute Gasteiger partial charge is 0.493 e. The maximum atomic E-state index is 5.14. The zero-order valence-electron chi connectivity index (χ0n) is 7.29. The van der Waals surface area contributed by atoms with E-state index in [4.69, 9.17) is 4.74 Å². The van der Waals surface area contributed by atoms with Gasteiger partial charge in [0.1, 0.15) is 0 Å². The molecule has 0 aliphatic rings. The summed E-state index contributed by atoms with van der Waals surface area (Å²) in [5.74, 6) is 0.898. The van der Waals surface area contributed by atoms with Crippen molar-refractivity contribution in [3.8, 4) is 5.75 Å². The van der Waals surface area contributed by atoms with E-state index in [-0.39, 0.29) is 0 Å². The molecule has 0 radical (unpaired) electrons. The predicted octanol–water partition coefficient (Wildman–Crippen LogP) is 1.47. The van der Waals surface area contributed by atoms with Gasteiger partial charge in [-0.25, -0.2) is 0 Å². The zero-order chi connectivity index (χ0) is 8.27. The Morgan fingerprint density at radius 3 is 2.73 bits per heavy atom. The molecule has 0 unspecified atom stereocenters. The molecule has 1 heterocycles. The van der Waals surface area contributed by atoms with E-state index in [1.54, 1.807) is 13.3 Å². The Morgan fingerprint density at radius 2 is 2.27 bits per heavy atom. The van der Waals surface area contributed by atoms with Gasteiger partial charge in [0.2, 0.25) is 0 Å². The van der Waals surface area contributed by atoms with Crippen molar-refractivity contribution in [1.29, 1.82) is 0 Å². The van der Waals surface area contributed by atoms with Crippen LogP contribution in [-0.4, -0.2) is 16.9 Å². The minimum atomic E-state index is 0.898. The number of rotatable bonds is 3. The topological polar surface area (TPSA) is 27.1 Å². The first kappa shape index (κ1) is 8.11. The summed E-state index contributed by atoms with van der Waals surface area (Å²) in [5, 5.41) is 4.17. The first-order valence-electron chi connectivity index (χ1n) is 3.92. The Hall–Kier alpha value is -0.990. The van der Waals surface area contributed by atoms with Gasteiger partial charge in [0.05, 0.1) is 19.0 Å². The molecule has 0 N–H and O–H groups in total. The van der Waals surface area contributed by atoms with Gasteiger partial charge in [0.25, 0.3) is 0 Å². The maximum Gasteiger partial charge on any atom is 0.159 e. The molecular weight excluding hydrogens is 140 g/mol. The molecule has 1 aromatic rings. The van der Waals surface area contributed by atoms with Crippen LogP contribution in [0.5, 0.6) is 5.75 Å². The normalized spacial score (nSPS) is 10.1. The predicted molar refractivity (Wildman–Crippen MR) is 43.8 cm³/mol. The van der Waals surface area contributed by atoms with E-state index in [1.165, 1.54) is 5.69 Å². The second-order valence-corrected chi connectivity index (χ2v) is 2.33. The molecule has 0 fully saturated rings. The van der Waals surface area contributed by atoms with Crippen molar-refractivity contribution in [1.82, 2.24) is 9.78 Å². The van der Waals surface area contributed by atoms with Crippen molar-refractivity contribution in [2.24, 2.45) is 0 Å². The van der Waals surface area contributed by atoms with Crippen LogP contribution >= 0.6 is 0 Å². The molecule has 0 saturated heterocycles. The van der Waals surface area contributed by atoms with E-state index in [2.05, 4.69) is 18.9 Å². The van der Waals surface area contributed by atoms with Gasteiger partial charge in [-0.05, 0) is 13.3 Å². The monoisotopic (exact) mass is 154 g/mol. The summed E-state index contributed by atoms with van der Waals surface area (Å²) in [6, 6.07) is 0. The first-order chi connectivity index (χ1) is 5.33. The van der Waals surface area contributed by atoms with E-state index in [0.717, 1.165) is 18.7 Å². The Balaban J connectivity index is 2.99. The Bertz CT molecular complexity index is 208. The van der Waals surface area contributed by atoms with E-state index in [1.807, 2.05) is 4.68 Å². The van der Waals surface area contributed by atoms with Crippen LogP contribution in [0.2, 0.25) is 0 Å². The van der Waals surface area contributed by atoms with Crippen LogP contribution in [0.25, 0.3) is 0 Å². The average molecular weight is 154 g/mol. The van der Waals surface area contributed by atoms with Crippen molar-refractivity contribution >= 4 is 0 Å². The van der Waals surface area contributed by atoms with Gasteiger partial charge in [-0.2, -0.15) is 5.10 Å². The molecule has 62 valence electrons. The molecule has 0 aromatic carbocycles. The highest BCUT2D eigenvalue weighted by Crippen LogP contribution is 2.17. The number of hydrogen-bond donors (Lipinski definition) is 0. The molecule has 0 amide bonds. The van der Waals surface area contributed by atoms with Crippen LogP contribution in [0.3, 0.4) is 0 Å². The number of aromatic nitrogens is 2. The molecular formula is C8H14N2O. The molecule has 11 heavy (non-hydrogen) atoms. The summed E-state index contributed by atoms with van der Waals surface area (Å²) in [4.78, 5) is 0. The van der Waals surface area contributed by atoms with Crippen LogP contribution in [0.1, 0.15) is 19.5 Å². The third-order valence-corrected chi connectivity index (χ3v) is 1.76. The lowest BCUT2D eigenvalue weighted by atomic mass is 10.3. The van der Waals surface area contributed by atoms with Crippen LogP contribution in [0, 0.1) is 0 Å². The third-order valence-electron chi connectivity index (χ3n) is 1.76. The van der Waals surface area contributed by atoms with Crippen LogP contribution in [0.4, 0.5) is 0 Å². The lowest BCUT2D eigenvalue weighted by Crippen LogP contribution is -2.01. The van der Waals surface area contributed by atoms with Crippen molar-refractivity contribution in [3.63, 3.8) is 0 Å². The smallest absolute Gasteiger partial charge is 0.159 e. The minimum Gasteiger partial charge on any atom is -0.493 e. The Morgan fingerprint density at radius 1 is 1.55 bits per heavy atom. The zero-order valence-corrected chi connectivity index (χ0v) is 7.29. The highest BCUT2D eigenvalue weighted by atomic mass is 16.5. The molecule has 0 atom stereocenters. The molecule has 0 aliphatic heterocycles. The molecule has 0 spiro atoms. The van der Waals surface area contributed by atoms with Crippen molar-refractivity contribution in [3.05, 3.63) is 11.9 Å². The number of ether oxygens (including phenoxy) is 1. The van der Waals surface area contributed by atoms with Crippen molar-refractivity contribution in [2.75, 3.05) is 7.11 Å². The molecule has 3 nitrogen and oxygen atoms in total. The lowest BCUT2D eigenvalue weighted by molar-refractivity contribution is 0.408. The maximum absolute atomic E-state index is 5.14. The molecule has 0 aliphatic carbocycles. The molecule has 1 rings (SSSR count). The van der Waals surface area contributed by atoms with Gasteiger partial charge >= 0.3 is 0 Å². The van der Waals surface area contributed by atoms with Gasteiger partial charge < -0.3 is 4.74 Å². The fraction of sp³-hybridized carbons (Fsp3) is 0.625. The quantitative estimate of drug-likeness (QED) is 0.659. The van der Waals surface area contributed by atoms with Gasteiger partial charge in [0, 0.05) is 6.54 Å². The number of nitrogens with zero attached hydrogens (tertiary/aromatic N) is 2. The van der Waals surface area contributed by atoms with Gasteiger partial charge in [-0.3, -0.25) is 4.68 Å². The fourth-order valence-corrected chi connectivity index (χ4v) is 1.19. The molecule has 0 saturated carbocycles. The Labute approximate surface area is 67.0 Å². The minimum absolute atomic E-state index is 0.898. The molecule has 0 bridgehead atoms. The lowest BCUT2D eigenvalue weighted by Gasteiger charge is -2.02. The van der Waals surface area contributed by atoms with Gasteiger partial charge in [0.15, 0.2) is 5.75 Å². The van der Waals surface area contributed by atoms with Gasteiger partial charge in [-0.15, -0.1) is 0 Å². The van der Waals surface area contributed by atoms with E-state index in [0.29, 0.717) is 0 Å². The van der Waals surface area contributed by atoms with Crippen LogP contribution in [0.15, 0.2) is 6.20 Å². The van der Waals surface area contributed by atoms with E-state index < -0.39 is 0 Å². The standard InChI is InChI=1S/C8H14N2O/c1-4-7-8(11-3)6-9-10(7)5-2/h6H,4-5H2,1-3H3. The summed E-state index contributed by atoms with van der Waals surface area (Å²) < 4.78 is 7.09. The number of hydrogen-bond acceptors (Lipinski definition) is 2. The third kappa shape index (κ3) is 1.37. The summed E-state index contributed by atoms with van der Waals surface area (Å²) in [6.45, 7) is 5.09. The van der Waals surface area contributed by atoms with Crippen LogP contribution < -0.4 is 4.74 Å². The Kier molecular flexibility index (Phi) is 2.52. The summed E-state index contributed by atoms with van der Waals surface area (Å²) in [7, 11) is 1.68. The van der Waals surface area contributed by atoms with Crippen LogP contribution in [-0.2, 0) is 13.0 Å².